The van der Waals surface area contributed by atoms with Gasteiger partial charge in [0.15, 0.2) is 0 Å². The summed E-state index contributed by atoms with van der Waals surface area (Å²) < 4.78 is 5.19. The number of furan rings is 1. The molecule has 26 heavy (non-hydrogen) atoms. The minimum atomic E-state index is -0.0940. The first-order valence-corrected chi connectivity index (χ1v) is 9.11. The average Bonchev–Trinajstić information content (AvgIpc) is 3.35. The first kappa shape index (κ1) is 16.5. The van der Waals surface area contributed by atoms with Gasteiger partial charge in [0.1, 0.15) is 10.8 Å². The lowest BCUT2D eigenvalue weighted by atomic mass is 10.1. The van der Waals surface area contributed by atoms with Crippen molar-refractivity contribution in [1.82, 2.24) is 10.3 Å². The number of nitrogens with one attached hydrogen (secondary N) is 1. The molecule has 0 unspecified atom stereocenters. The van der Waals surface area contributed by atoms with E-state index in [-0.39, 0.29) is 18.2 Å². The Balaban J connectivity index is 1.43. The molecule has 0 atom stereocenters. The van der Waals surface area contributed by atoms with Crippen molar-refractivity contribution in [1.29, 1.82) is 0 Å². The van der Waals surface area contributed by atoms with Crippen molar-refractivity contribution >= 4 is 28.8 Å². The number of likely N-dealkylation sites (N-methyl/N-ethyl adjacent to an activating group) is 1. The van der Waals surface area contributed by atoms with E-state index in [1.807, 2.05) is 29.6 Å². The zero-order valence-corrected chi connectivity index (χ0v) is 15.0. The molecular formula is C19H17N3O3S. The average molecular weight is 367 g/mol. The van der Waals surface area contributed by atoms with Gasteiger partial charge in [-0.3, -0.25) is 9.59 Å². The van der Waals surface area contributed by atoms with Crippen LogP contribution in [-0.4, -0.2) is 23.8 Å². The van der Waals surface area contributed by atoms with Crippen LogP contribution < -0.4 is 10.2 Å². The molecule has 0 bridgehead atoms. The maximum absolute atomic E-state index is 12.0. The SMILES string of the molecule is CN1C(=O)Cc2cc(-c3csc(CC(=O)NCc4ccco4)n3)ccc21. The Labute approximate surface area is 154 Å². The minimum Gasteiger partial charge on any atom is -0.467 e. The monoisotopic (exact) mass is 367 g/mol. The predicted molar refractivity (Wildman–Crippen MR) is 98.9 cm³/mol. The van der Waals surface area contributed by atoms with E-state index in [1.165, 1.54) is 11.3 Å². The fourth-order valence-electron chi connectivity index (χ4n) is 2.95. The van der Waals surface area contributed by atoms with Gasteiger partial charge in [0.05, 0.1) is 31.3 Å². The fraction of sp³-hybridized carbons (Fsp3) is 0.211. The summed E-state index contributed by atoms with van der Waals surface area (Å²) in [6, 6.07) is 9.52. The Kier molecular flexibility index (Phi) is 4.30. The molecule has 132 valence electrons. The van der Waals surface area contributed by atoms with Gasteiger partial charge in [-0.25, -0.2) is 4.98 Å². The quantitative estimate of drug-likeness (QED) is 0.752. The maximum Gasteiger partial charge on any atom is 0.231 e. The lowest BCUT2D eigenvalue weighted by Gasteiger charge is -2.09. The molecule has 2 aromatic heterocycles. The molecule has 6 nitrogen and oxygen atoms in total. The van der Waals surface area contributed by atoms with Crippen LogP contribution in [0.3, 0.4) is 0 Å². The van der Waals surface area contributed by atoms with Crippen molar-refractivity contribution in [2.24, 2.45) is 0 Å². The number of rotatable bonds is 5. The van der Waals surface area contributed by atoms with Crippen LogP contribution in [-0.2, 0) is 29.0 Å². The molecule has 4 rings (SSSR count). The lowest BCUT2D eigenvalue weighted by Crippen LogP contribution is -2.24. The zero-order valence-electron chi connectivity index (χ0n) is 14.2. The van der Waals surface area contributed by atoms with E-state index < -0.39 is 0 Å². The van der Waals surface area contributed by atoms with Crippen LogP contribution in [0.4, 0.5) is 5.69 Å². The minimum absolute atomic E-state index is 0.0940. The van der Waals surface area contributed by atoms with Crippen molar-refractivity contribution in [2.45, 2.75) is 19.4 Å². The van der Waals surface area contributed by atoms with Crippen LogP contribution in [0.2, 0.25) is 0 Å². The van der Waals surface area contributed by atoms with E-state index in [2.05, 4.69) is 10.3 Å². The highest BCUT2D eigenvalue weighted by Crippen LogP contribution is 2.32. The summed E-state index contributed by atoms with van der Waals surface area (Å²) in [6.45, 7) is 0.371. The zero-order chi connectivity index (χ0) is 18.1. The van der Waals surface area contributed by atoms with Gasteiger partial charge in [0.2, 0.25) is 11.8 Å². The first-order valence-electron chi connectivity index (χ1n) is 8.23. The second-order valence-electron chi connectivity index (χ2n) is 6.13. The van der Waals surface area contributed by atoms with Gasteiger partial charge in [-0.05, 0) is 29.8 Å². The lowest BCUT2D eigenvalue weighted by molar-refractivity contribution is -0.120. The van der Waals surface area contributed by atoms with E-state index in [9.17, 15) is 9.59 Å². The van der Waals surface area contributed by atoms with Gasteiger partial charge in [0, 0.05) is 23.7 Å². The van der Waals surface area contributed by atoms with E-state index in [0.29, 0.717) is 13.0 Å². The third-order valence-electron chi connectivity index (χ3n) is 4.36. The van der Waals surface area contributed by atoms with Crippen LogP contribution in [0, 0.1) is 0 Å². The van der Waals surface area contributed by atoms with Gasteiger partial charge in [0.25, 0.3) is 0 Å². The molecule has 1 aromatic carbocycles. The highest BCUT2D eigenvalue weighted by Gasteiger charge is 2.24. The normalized spacial score (nSPS) is 13.1. The molecule has 3 heterocycles. The second-order valence-corrected chi connectivity index (χ2v) is 7.08. The molecule has 0 radical (unpaired) electrons. The number of fused-ring (bicyclic) bond motifs is 1. The van der Waals surface area contributed by atoms with E-state index in [0.717, 1.165) is 33.3 Å². The van der Waals surface area contributed by atoms with E-state index >= 15 is 0 Å². The highest BCUT2D eigenvalue weighted by molar-refractivity contribution is 7.10. The summed E-state index contributed by atoms with van der Waals surface area (Å²) in [7, 11) is 1.79. The number of anilines is 1. The van der Waals surface area contributed by atoms with Crippen LogP contribution in [0.15, 0.2) is 46.4 Å². The largest absolute Gasteiger partial charge is 0.467 e. The van der Waals surface area contributed by atoms with Gasteiger partial charge in [-0.1, -0.05) is 6.07 Å². The number of carbonyl (C=O) groups is 2. The molecule has 0 aliphatic carbocycles. The smallest absolute Gasteiger partial charge is 0.231 e. The van der Waals surface area contributed by atoms with Crippen LogP contribution >= 0.6 is 11.3 Å². The molecule has 1 aliphatic rings. The van der Waals surface area contributed by atoms with Gasteiger partial charge in [-0.15, -0.1) is 11.3 Å². The molecule has 1 aliphatic heterocycles. The molecule has 0 fully saturated rings. The summed E-state index contributed by atoms with van der Waals surface area (Å²) >= 11 is 1.46. The standard InChI is InChI=1S/C19H17N3O3S/c1-22-16-5-4-12(7-13(16)8-19(22)24)15-11-26-18(21-15)9-17(23)20-10-14-3-2-6-25-14/h2-7,11H,8-10H2,1H3,(H,20,23). The van der Waals surface area contributed by atoms with E-state index in [4.69, 9.17) is 4.42 Å². The number of nitrogens with zero attached hydrogens (tertiary/aromatic N) is 2. The fourth-order valence-corrected chi connectivity index (χ4v) is 3.75. The third-order valence-corrected chi connectivity index (χ3v) is 5.20. The molecule has 7 heteroatoms. The number of carbonyl (C=O) groups excluding carboxylic acids is 2. The Bertz CT molecular complexity index is 962. The summed E-state index contributed by atoms with van der Waals surface area (Å²) in [4.78, 5) is 30.1. The summed E-state index contributed by atoms with van der Waals surface area (Å²) in [6.07, 6.45) is 2.24. The van der Waals surface area contributed by atoms with Crippen molar-refractivity contribution < 1.29 is 14.0 Å². The number of amides is 2. The van der Waals surface area contributed by atoms with Crippen LogP contribution in [0.25, 0.3) is 11.3 Å². The Hall–Kier alpha value is -2.93. The Morgan fingerprint density at radius 2 is 2.27 bits per heavy atom. The topological polar surface area (TPSA) is 75.4 Å². The Morgan fingerprint density at radius 1 is 1.38 bits per heavy atom. The number of benzene rings is 1. The van der Waals surface area contributed by atoms with Crippen molar-refractivity contribution in [3.05, 3.63) is 58.3 Å². The maximum atomic E-state index is 12.0. The summed E-state index contributed by atoms with van der Waals surface area (Å²) in [5.74, 6) is 0.726. The first-order chi connectivity index (χ1) is 12.6. The van der Waals surface area contributed by atoms with Gasteiger partial charge >= 0.3 is 0 Å². The van der Waals surface area contributed by atoms with E-state index in [1.54, 1.807) is 24.3 Å². The van der Waals surface area contributed by atoms with Crippen LogP contribution in [0.5, 0.6) is 0 Å². The summed E-state index contributed by atoms with van der Waals surface area (Å²) in [5, 5.41) is 5.51. The van der Waals surface area contributed by atoms with Crippen molar-refractivity contribution in [3.8, 4) is 11.3 Å². The van der Waals surface area contributed by atoms with Crippen molar-refractivity contribution in [3.63, 3.8) is 0 Å². The number of hydrogen-bond acceptors (Lipinski definition) is 5. The molecule has 0 saturated heterocycles. The predicted octanol–water partition coefficient (Wildman–Crippen LogP) is 2.78. The highest BCUT2D eigenvalue weighted by atomic mass is 32.1. The third kappa shape index (κ3) is 3.25. The molecule has 3 aromatic rings. The summed E-state index contributed by atoms with van der Waals surface area (Å²) in [5.41, 5.74) is 3.76. The molecule has 1 N–H and O–H groups in total. The van der Waals surface area contributed by atoms with Crippen LogP contribution in [0.1, 0.15) is 16.3 Å². The number of aromatic nitrogens is 1. The molecule has 2 amide bonds. The second kappa shape index (κ2) is 6.76. The van der Waals surface area contributed by atoms with Gasteiger partial charge < -0.3 is 14.6 Å². The molecule has 0 saturated carbocycles. The number of thiazole rings is 1. The molecular weight excluding hydrogens is 350 g/mol. The Morgan fingerprint density at radius 3 is 3.08 bits per heavy atom. The van der Waals surface area contributed by atoms with Crippen molar-refractivity contribution in [2.75, 3.05) is 11.9 Å². The van der Waals surface area contributed by atoms with Gasteiger partial charge in [-0.2, -0.15) is 0 Å². The number of hydrogen-bond donors (Lipinski definition) is 1. The molecule has 0 spiro atoms.